The maximum Gasteiger partial charge on any atom is 0.227 e. The Labute approximate surface area is 127 Å². The van der Waals surface area contributed by atoms with Crippen molar-refractivity contribution in [2.45, 2.75) is 25.7 Å². The molecule has 1 amide bonds. The topological polar surface area (TPSA) is 92.6 Å². The van der Waals surface area contributed by atoms with Crippen molar-refractivity contribution >= 4 is 5.91 Å². The summed E-state index contributed by atoms with van der Waals surface area (Å²) in [6.45, 7) is 1.54. The molecule has 1 fully saturated rings. The van der Waals surface area contributed by atoms with Crippen LogP contribution in [-0.2, 0) is 11.2 Å². The Hall–Kier alpha value is -2.15. The lowest BCUT2D eigenvalue weighted by atomic mass is 9.99. The van der Waals surface area contributed by atoms with Gasteiger partial charge in [-0.1, -0.05) is 5.16 Å². The molecule has 0 aromatic carbocycles. The van der Waals surface area contributed by atoms with Gasteiger partial charge in [0.25, 0.3) is 0 Å². The molecule has 3 heterocycles. The maximum atomic E-state index is 12.2. The van der Waals surface area contributed by atoms with Crippen LogP contribution in [0.15, 0.2) is 27.5 Å². The zero-order valence-electron chi connectivity index (χ0n) is 12.3. The van der Waals surface area contributed by atoms with Gasteiger partial charge in [0.2, 0.25) is 17.6 Å². The van der Waals surface area contributed by atoms with Gasteiger partial charge in [-0.05, 0) is 24.8 Å². The van der Waals surface area contributed by atoms with Crippen LogP contribution in [0.5, 0.6) is 0 Å². The van der Waals surface area contributed by atoms with Gasteiger partial charge in [-0.25, -0.2) is 0 Å². The average Bonchev–Trinajstić information content (AvgIpc) is 3.23. The number of carbonyl (C=O) groups excluding carboxylic acids is 1. The van der Waals surface area contributed by atoms with Crippen molar-refractivity contribution in [1.29, 1.82) is 0 Å². The zero-order valence-corrected chi connectivity index (χ0v) is 12.3. The highest BCUT2D eigenvalue weighted by Crippen LogP contribution is 2.18. The van der Waals surface area contributed by atoms with Gasteiger partial charge in [-0.3, -0.25) is 4.79 Å². The van der Waals surface area contributed by atoms with Crippen LogP contribution in [-0.4, -0.2) is 45.8 Å². The van der Waals surface area contributed by atoms with Crippen molar-refractivity contribution in [3.05, 3.63) is 24.5 Å². The third kappa shape index (κ3) is 3.36. The molecule has 118 valence electrons. The first-order chi connectivity index (χ1) is 10.8. The van der Waals surface area contributed by atoms with Crippen molar-refractivity contribution in [1.82, 2.24) is 15.0 Å². The molecule has 7 nitrogen and oxygen atoms in total. The van der Waals surface area contributed by atoms with E-state index >= 15 is 0 Å². The largest absolute Gasteiger partial charge is 0.472 e. The molecule has 3 rings (SSSR count). The molecule has 1 N–H and O–H groups in total. The fraction of sp³-hybridized carbons (Fsp3) is 0.533. The number of hydrogen-bond donors (Lipinski definition) is 1. The van der Waals surface area contributed by atoms with Crippen molar-refractivity contribution in [3.8, 4) is 11.4 Å². The molecular formula is C15H19N3O4. The number of nitrogens with zero attached hydrogens (tertiary/aromatic N) is 3. The van der Waals surface area contributed by atoms with Crippen LogP contribution in [0.2, 0.25) is 0 Å². The van der Waals surface area contributed by atoms with Crippen LogP contribution in [0.25, 0.3) is 11.4 Å². The van der Waals surface area contributed by atoms with E-state index in [4.69, 9.17) is 8.94 Å². The molecule has 1 aliphatic heterocycles. The minimum atomic E-state index is 0.0706. The van der Waals surface area contributed by atoms with Gasteiger partial charge < -0.3 is 18.9 Å². The summed E-state index contributed by atoms with van der Waals surface area (Å²) >= 11 is 0. The Morgan fingerprint density at radius 2 is 2.41 bits per heavy atom. The molecule has 22 heavy (non-hydrogen) atoms. The fourth-order valence-corrected chi connectivity index (χ4v) is 2.68. The summed E-state index contributed by atoms with van der Waals surface area (Å²) in [7, 11) is 0. The van der Waals surface area contributed by atoms with E-state index in [1.54, 1.807) is 18.6 Å². The van der Waals surface area contributed by atoms with Gasteiger partial charge in [0.1, 0.15) is 6.26 Å². The molecule has 1 saturated heterocycles. The normalized spacial score (nSPS) is 18.6. The lowest BCUT2D eigenvalue weighted by Crippen LogP contribution is -2.41. The highest BCUT2D eigenvalue weighted by atomic mass is 16.5. The van der Waals surface area contributed by atoms with Gasteiger partial charge in [-0.15, -0.1) is 0 Å². The summed E-state index contributed by atoms with van der Waals surface area (Å²) in [6, 6.07) is 1.75. The van der Waals surface area contributed by atoms with Gasteiger partial charge in [0.15, 0.2) is 0 Å². The number of aryl methyl sites for hydroxylation is 1. The van der Waals surface area contributed by atoms with E-state index in [-0.39, 0.29) is 18.4 Å². The number of aromatic nitrogens is 2. The molecule has 0 bridgehead atoms. The van der Waals surface area contributed by atoms with Crippen molar-refractivity contribution in [2.24, 2.45) is 5.92 Å². The second-order valence-electron chi connectivity index (χ2n) is 5.55. The van der Waals surface area contributed by atoms with Crippen LogP contribution in [0.3, 0.4) is 0 Å². The Bertz CT molecular complexity index is 608. The molecular weight excluding hydrogens is 286 g/mol. The summed E-state index contributed by atoms with van der Waals surface area (Å²) < 4.78 is 10.1. The second-order valence-corrected chi connectivity index (χ2v) is 5.55. The highest BCUT2D eigenvalue weighted by Gasteiger charge is 2.23. The first-order valence-corrected chi connectivity index (χ1v) is 7.50. The SMILES string of the molecule is O=C(CCc1nc(-c2ccoc2)no1)N1CCCC(CO)C1. The minimum absolute atomic E-state index is 0.0706. The molecule has 0 saturated carbocycles. The Kier molecular flexibility index (Phi) is 4.53. The van der Waals surface area contributed by atoms with Crippen LogP contribution >= 0.6 is 0 Å². The standard InChI is InChI=1S/C15H19N3O4/c19-9-11-2-1-6-18(8-11)14(20)4-3-13-16-15(17-22-13)12-5-7-21-10-12/h5,7,10-11,19H,1-4,6,8-9H2. The lowest BCUT2D eigenvalue weighted by Gasteiger charge is -2.31. The minimum Gasteiger partial charge on any atom is -0.472 e. The molecule has 0 aliphatic carbocycles. The van der Waals surface area contributed by atoms with E-state index < -0.39 is 0 Å². The first-order valence-electron chi connectivity index (χ1n) is 7.50. The lowest BCUT2D eigenvalue weighted by molar-refractivity contribution is -0.133. The monoisotopic (exact) mass is 305 g/mol. The molecule has 7 heteroatoms. The van der Waals surface area contributed by atoms with Crippen molar-refractivity contribution in [3.63, 3.8) is 0 Å². The number of furan rings is 1. The third-order valence-corrected chi connectivity index (χ3v) is 3.93. The molecule has 2 aromatic rings. The maximum absolute atomic E-state index is 12.2. The summed E-state index contributed by atoms with van der Waals surface area (Å²) in [5.41, 5.74) is 0.753. The molecule has 1 unspecified atom stereocenters. The van der Waals surface area contributed by atoms with E-state index in [2.05, 4.69) is 10.1 Å². The smallest absolute Gasteiger partial charge is 0.227 e. The van der Waals surface area contributed by atoms with E-state index in [1.165, 1.54) is 0 Å². The molecule has 0 spiro atoms. The summed E-state index contributed by atoms with van der Waals surface area (Å²) in [6.07, 6.45) is 5.78. The third-order valence-electron chi connectivity index (χ3n) is 3.93. The van der Waals surface area contributed by atoms with E-state index in [0.717, 1.165) is 24.9 Å². The number of hydrogen-bond acceptors (Lipinski definition) is 6. The summed E-state index contributed by atoms with van der Waals surface area (Å²) in [5, 5.41) is 13.1. The Morgan fingerprint density at radius 1 is 1.50 bits per heavy atom. The molecule has 2 aromatic heterocycles. The first kappa shape index (κ1) is 14.8. The Morgan fingerprint density at radius 3 is 3.18 bits per heavy atom. The highest BCUT2D eigenvalue weighted by molar-refractivity contribution is 5.76. The number of aliphatic hydroxyl groups excluding tert-OH is 1. The van der Waals surface area contributed by atoms with Crippen molar-refractivity contribution in [2.75, 3.05) is 19.7 Å². The second kappa shape index (κ2) is 6.74. The number of rotatable bonds is 5. The number of piperidine rings is 1. The fourth-order valence-electron chi connectivity index (χ4n) is 2.68. The number of aliphatic hydroxyl groups is 1. The van der Waals surface area contributed by atoms with Crippen LogP contribution in [0, 0.1) is 5.92 Å². The molecule has 0 radical (unpaired) electrons. The number of carbonyl (C=O) groups is 1. The quantitative estimate of drug-likeness (QED) is 0.899. The van der Waals surface area contributed by atoms with Gasteiger partial charge in [-0.2, -0.15) is 4.98 Å². The van der Waals surface area contributed by atoms with E-state index in [1.807, 2.05) is 4.90 Å². The average molecular weight is 305 g/mol. The zero-order chi connectivity index (χ0) is 15.4. The summed E-state index contributed by atoms with van der Waals surface area (Å²) in [5.74, 6) is 1.18. The molecule has 1 aliphatic rings. The van der Waals surface area contributed by atoms with Gasteiger partial charge in [0, 0.05) is 32.5 Å². The Balaban J connectivity index is 1.53. The number of likely N-dealkylation sites (tertiary alicyclic amines) is 1. The van der Waals surface area contributed by atoms with Crippen LogP contribution in [0.1, 0.15) is 25.2 Å². The van der Waals surface area contributed by atoms with Gasteiger partial charge >= 0.3 is 0 Å². The van der Waals surface area contributed by atoms with Crippen LogP contribution < -0.4 is 0 Å². The predicted octanol–water partition coefficient (Wildman–Crippen LogP) is 1.49. The van der Waals surface area contributed by atoms with Gasteiger partial charge in [0.05, 0.1) is 11.8 Å². The van der Waals surface area contributed by atoms with Crippen molar-refractivity contribution < 1.29 is 18.8 Å². The molecule has 1 atom stereocenters. The van der Waals surface area contributed by atoms with E-state index in [0.29, 0.717) is 31.1 Å². The van der Waals surface area contributed by atoms with Crippen LogP contribution in [0.4, 0.5) is 0 Å². The number of amides is 1. The van der Waals surface area contributed by atoms with E-state index in [9.17, 15) is 9.90 Å². The summed E-state index contributed by atoms with van der Waals surface area (Å²) in [4.78, 5) is 18.3. The predicted molar refractivity (Wildman–Crippen MR) is 76.7 cm³/mol.